The van der Waals surface area contributed by atoms with Gasteiger partial charge in [-0.25, -0.2) is 4.99 Å². The highest BCUT2D eigenvalue weighted by Crippen LogP contribution is 2.16. The van der Waals surface area contributed by atoms with Crippen LogP contribution in [-0.4, -0.2) is 68.0 Å². The highest BCUT2D eigenvalue weighted by Gasteiger charge is 2.20. The number of carbonyl (C=O) groups is 1. The molecular weight excluding hydrogens is 489 g/mol. The molecule has 0 aliphatic carbocycles. The second-order valence-corrected chi connectivity index (χ2v) is 7.64. The number of likely N-dealkylation sites (tertiary alicyclic amines) is 1. The minimum atomic E-state index is 0. The van der Waals surface area contributed by atoms with Gasteiger partial charge in [0.05, 0.1) is 0 Å². The highest BCUT2D eigenvalue weighted by atomic mass is 127. The molecule has 1 aliphatic heterocycles. The fourth-order valence-electron chi connectivity index (χ4n) is 2.96. The van der Waals surface area contributed by atoms with Gasteiger partial charge in [0, 0.05) is 51.3 Å². The van der Waals surface area contributed by atoms with E-state index in [2.05, 4.69) is 39.6 Å². The number of guanidine groups is 1. The maximum atomic E-state index is 11.8. The van der Waals surface area contributed by atoms with Crippen molar-refractivity contribution in [3.63, 3.8) is 0 Å². The van der Waals surface area contributed by atoms with Crippen LogP contribution >= 0.6 is 35.6 Å². The zero-order valence-corrected chi connectivity index (χ0v) is 20.2. The van der Waals surface area contributed by atoms with Gasteiger partial charge in [0.1, 0.15) is 6.54 Å². The molecule has 1 fully saturated rings. The van der Waals surface area contributed by atoms with Crippen LogP contribution in [0, 0.1) is 0 Å². The van der Waals surface area contributed by atoms with Gasteiger partial charge >= 0.3 is 0 Å². The number of benzene rings is 1. The first-order chi connectivity index (χ1) is 13.0. The Bertz CT molecular complexity index is 616. The van der Waals surface area contributed by atoms with Gasteiger partial charge in [0.15, 0.2) is 5.96 Å². The quantitative estimate of drug-likeness (QED) is 0.329. The van der Waals surface area contributed by atoms with E-state index in [1.807, 2.05) is 12.1 Å². The first-order valence-corrected chi connectivity index (χ1v) is 10.1. The van der Waals surface area contributed by atoms with Crippen molar-refractivity contribution in [2.75, 3.05) is 40.3 Å². The summed E-state index contributed by atoms with van der Waals surface area (Å²) in [4.78, 5) is 20.3. The van der Waals surface area contributed by atoms with Crippen molar-refractivity contribution in [2.24, 2.45) is 4.99 Å². The van der Waals surface area contributed by atoms with Crippen LogP contribution in [0.25, 0.3) is 0 Å². The Hall–Kier alpha value is -1.06. The molecule has 0 unspecified atom stereocenters. The molecule has 2 rings (SSSR count). The summed E-state index contributed by atoms with van der Waals surface area (Å²) in [5, 5.41) is 7.59. The topological polar surface area (TPSA) is 60.0 Å². The van der Waals surface area contributed by atoms with Crippen LogP contribution in [0.5, 0.6) is 0 Å². The minimum Gasteiger partial charge on any atom is -0.356 e. The zero-order chi connectivity index (χ0) is 19.6. The molecule has 8 heteroatoms. The van der Waals surface area contributed by atoms with E-state index in [-0.39, 0.29) is 36.4 Å². The molecule has 28 heavy (non-hydrogen) atoms. The Balaban J connectivity index is 0.00000392. The predicted octanol–water partition coefficient (Wildman–Crippen LogP) is 2.96. The lowest BCUT2D eigenvalue weighted by molar-refractivity contribution is -0.127. The average molecular weight is 522 g/mol. The number of amides is 1. The Morgan fingerprint density at radius 2 is 1.89 bits per heavy atom. The molecule has 6 nitrogen and oxygen atoms in total. The van der Waals surface area contributed by atoms with Crippen LogP contribution in [0.15, 0.2) is 29.3 Å². The van der Waals surface area contributed by atoms with E-state index in [0.29, 0.717) is 6.04 Å². The fourth-order valence-corrected chi connectivity index (χ4v) is 3.09. The number of aliphatic imine (C=N–C) groups is 1. The van der Waals surface area contributed by atoms with Gasteiger partial charge in [0.2, 0.25) is 5.91 Å². The van der Waals surface area contributed by atoms with Crippen LogP contribution in [-0.2, 0) is 11.3 Å². The summed E-state index contributed by atoms with van der Waals surface area (Å²) in [6.45, 7) is 6.16. The summed E-state index contributed by atoms with van der Waals surface area (Å²) in [6, 6.07) is 8.45. The van der Waals surface area contributed by atoms with Gasteiger partial charge in [-0.15, -0.1) is 24.0 Å². The third-order valence-electron chi connectivity index (χ3n) is 4.66. The van der Waals surface area contributed by atoms with Crippen molar-refractivity contribution >= 4 is 47.4 Å². The number of rotatable bonds is 7. The van der Waals surface area contributed by atoms with E-state index >= 15 is 0 Å². The van der Waals surface area contributed by atoms with Gasteiger partial charge < -0.3 is 15.5 Å². The third kappa shape index (κ3) is 8.96. The summed E-state index contributed by atoms with van der Waals surface area (Å²) in [5.41, 5.74) is 1.29. The van der Waals surface area contributed by atoms with E-state index in [4.69, 9.17) is 11.6 Å². The lowest BCUT2D eigenvalue weighted by Crippen LogP contribution is -2.49. The molecule has 0 bridgehead atoms. The first-order valence-electron chi connectivity index (χ1n) is 9.69. The maximum Gasteiger partial charge on any atom is 0.243 e. The molecule has 158 valence electrons. The molecule has 1 heterocycles. The number of piperidine rings is 1. The number of likely N-dealkylation sites (N-methyl/N-ethyl adjacent to an activating group) is 1. The summed E-state index contributed by atoms with van der Waals surface area (Å²) >= 11 is 5.96. The van der Waals surface area contributed by atoms with Crippen LogP contribution < -0.4 is 10.6 Å². The first kappa shape index (κ1) is 25.0. The van der Waals surface area contributed by atoms with Crippen LogP contribution in [0.3, 0.4) is 0 Å². The van der Waals surface area contributed by atoms with Gasteiger partial charge in [-0.2, -0.15) is 0 Å². The highest BCUT2D eigenvalue weighted by molar-refractivity contribution is 14.0. The Labute approximate surface area is 191 Å². The summed E-state index contributed by atoms with van der Waals surface area (Å²) < 4.78 is 0. The lowest BCUT2D eigenvalue weighted by atomic mass is 10.0. The Morgan fingerprint density at radius 3 is 2.46 bits per heavy atom. The van der Waals surface area contributed by atoms with Gasteiger partial charge in [0.25, 0.3) is 0 Å². The predicted molar refractivity (Wildman–Crippen MR) is 128 cm³/mol. The van der Waals surface area contributed by atoms with Crippen molar-refractivity contribution in [3.05, 3.63) is 34.9 Å². The summed E-state index contributed by atoms with van der Waals surface area (Å²) in [7, 11) is 3.50. The van der Waals surface area contributed by atoms with Crippen molar-refractivity contribution in [3.8, 4) is 0 Å². The summed E-state index contributed by atoms with van der Waals surface area (Å²) in [6.07, 6.45) is 3.13. The number of halogens is 2. The van der Waals surface area contributed by atoms with Gasteiger partial charge in [-0.1, -0.05) is 30.7 Å². The van der Waals surface area contributed by atoms with Gasteiger partial charge in [-0.3, -0.25) is 9.69 Å². The van der Waals surface area contributed by atoms with E-state index in [0.717, 1.165) is 56.4 Å². The van der Waals surface area contributed by atoms with Crippen molar-refractivity contribution < 1.29 is 4.79 Å². The van der Waals surface area contributed by atoms with Crippen LogP contribution in [0.2, 0.25) is 5.02 Å². The fraction of sp³-hybridized carbons (Fsp3) is 0.600. The standard InChI is InChI=1S/C20H32ClN5O.HI/c1-4-11-22-20(23-14-19(27)25(2)3)24-18-9-12-26(13-10-18)15-16-5-7-17(21)8-6-16;/h5-8,18H,4,9-15H2,1-3H3,(H2,22,23,24);1H. The SMILES string of the molecule is CCCNC(=NCC(=O)N(C)C)NC1CCN(Cc2ccc(Cl)cc2)CC1.I. The number of nitrogens with one attached hydrogen (secondary N) is 2. The van der Waals surface area contributed by atoms with E-state index < -0.39 is 0 Å². The Kier molecular flexibility index (Phi) is 11.8. The molecule has 2 N–H and O–H groups in total. The van der Waals surface area contributed by atoms with Crippen LogP contribution in [0.4, 0.5) is 0 Å². The average Bonchev–Trinajstić information content (AvgIpc) is 2.66. The minimum absolute atomic E-state index is 0. The zero-order valence-electron chi connectivity index (χ0n) is 17.1. The smallest absolute Gasteiger partial charge is 0.243 e. The molecule has 1 aromatic rings. The largest absolute Gasteiger partial charge is 0.356 e. The number of nitrogens with zero attached hydrogens (tertiary/aromatic N) is 3. The van der Waals surface area contributed by atoms with Gasteiger partial charge in [-0.05, 0) is 37.0 Å². The normalized spacial score (nSPS) is 15.6. The lowest BCUT2D eigenvalue weighted by Gasteiger charge is -2.33. The molecule has 1 amide bonds. The molecular formula is C20H33ClIN5O. The molecule has 0 atom stereocenters. The van der Waals surface area contributed by atoms with E-state index in [9.17, 15) is 4.79 Å². The van der Waals surface area contributed by atoms with Crippen LogP contribution in [0.1, 0.15) is 31.7 Å². The molecule has 0 aromatic heterocycles. The molecule has 1 aliphatic rings. The second-order valence-electron chi connectivity index (χ2n) is 7.20. The Morgan fingerprint density at radius 1 is 1.25 bits per heavy atom. The van der Waals surface area contributed by atoms with Crippen molar-refractivity contribution in [1.29, 1.82) is 0 Å². The maximum absolute atomic E-state index is 11.8. The summed E-state index contributed by atoms with van der Waals surface area (Å²) in [5.74, 6) is 0.744. The monoisotopic (exact) mass is 521 g/mol. The van der Waals surface area contributed by atoms with Crippen molar-refractivity contribution in [2.45, 2.75) is 38.8 Å². The number of carbonyl (C=O) groups excluding carboxylic acids is 1. The molecule has 1 aromatic carbocycles. The van der Waals surface area contributed by atoms with E-state index in [1.54, 1.807) is 19.0 Å². The van der Waals surface area contributed by atoms with Crippen molar-refractivity contribution in [1.82, 2.24) is 20.4 Å². The number of hydrogen-bond acceptors (Lipinski definition) is 3. The molecule has 0 radical (unpaired) electrons. The molecule has 0 saturated carbocycles. The molecule has 1 saturated heterocycles. The second kappa shape index (κ2) is 13.2. The van der Waals surface area contributed by atoms with E-state index in [1.165, 1.54) is 5.56 Å². The number of hydrogen-bond donors (Lipinski definition) is 2. The third-order valence-corrected chi connectivity index (χ3v) is 4.91. The molecule has 0 spiro atoms.